The molecule has 160 valence electrons. The van der Waals surface area contributed by atoms with E-state index in [2.05, 4.69) is 13.8 Å². The lowest BCUT2D eigenvalue weighted by Crippen LogP contribution is -2.37. The zero-order valence-corrected chi connectivity index (χ0v) is 17.0. The lowest BCUT2D eigenvalue weighted by atomic mass is 10.1. The third-order valence-corrected chi connectivity index (χ3v) is 4.67. The van der Waals surface area contributed by atoms with Gasteiger partial charge < -0.3 is 9.47 Å². The number of imide groups is 1. The SMILES string of the molecule is CCCCCCCC(=O)OC1C(=O)N(O)C(=O)C1OC(=O)CCCCCCC. The first kappa shape index (κ1) is 24.1. The maximum Gasteiger partial charge on any atom is 0.306 e. The highest BCUT2D eigenvalue weighted by Gasteiger charge is 2.52. The smallest absolute Gasteiger partial charge is 0.306 e. The Hall–Kier alpha value is -1.96. The van der Waals surface area contributed by atoms with E-state index < -0.39 is 36.0 Å². The van der Waals surface area contributed by atoms with Crippen LogP contribution in [0.15, 0.2) is 0 Å². The number of ether oxygens (including phenoxy) is 2. The molecule has 2 unspecified atom stereocenters. The Labute approximate surface area is 166 Å². The van der Waals surface area contributed by atoms with Gasteiger partial charge in [0.05, 0.1) is 0 Å². The maximum atomic E-state index is 12.0. The van der Waals surface area contributed by atoms with Crippen molar-refractivity contribution in [2.45, 2.75) is 103 Å². The highest BCUT2D eigenvalue weighted by molar-refractivity contribution is 6.08. The van der Waals surface area contributed by atoms with Crippen molar-refractivity contribution in [3.8, 4) is 0 Å². The molecule has 8 heteroatoms. The number of amides is 2. The molecule has 0 saturated carbocycles. The number of carbonyl (C=O) groups is 4. The Kier molecular flexibility index (Phi) is 11.4. The van der Waals surface area contributed by atoms with Crippen LogP contribution in [0.25, 0.3) is 0 Å². The summed E-state index contributed by atoms with van der Waals surface area (Å²) in [6.45, 7) is 4.18. The molecule has 0 aliphatic carbocycles. The summed E-state index contributed by atoms with van der Waals surface area (Å²) >= 11 is 0. The van der Waals surface area contributed by atoms with E-state index in [0.717, 1.165) is 51.4 Å². The van der Waals surface area contributed by atoms with E-state index in [1.807, 2.05) is 0 Å². The van der Waals surface area contributed by atoms with Crippen LogP contribution in [0.3, 0.4) is 0 Å². The van der Waals surface area contributed by atoms with E-state index >= 15 is 0 Å². The van der Waals surface area contributed by atoms with Gasteiger partial charge in [-0.15, -0.1) is 5.06 Å². The standard InChI is InChI=1S/C20H33NO7/c1-3-5-7-9-11-13-15(22)27-17-18(20(25)21(26)19(17)24)28-16(23)14-12-10-8-6-4-2/h17-18,26H,3-14H2,1-2H3. The minimum absolute atomic E-state index is 0.102. The molecule has 1 rings (SSSR count). The summed E-state index contributed by atoms with van der Waals surface area (Å²) in [5, 5.41) is 9.39. The van der Waals surface area contributed by atoms with Crippen molar-refractivity contribution in [2.75, 3.05) is 0 Å². The number of hydroxylamine groups is 2. The molecule has 28 heavy (non-hydrogen) atoms. The molecule has 2 atom stereocenters. The van der Waals surface area contributed by atoms with E-state index in [9.17, 15) is 24.4 Å². The minimum Gasteiger partial charge on any atom is -0.447 e. The highest BCUT2D eigenvalue weighted by Crippen LogP contribution is 2.21. The van der Waals surface area contributed by atoms with Crippen LogP contribution in [0, 0.1) is 0 Å². The van der Waals surface area contributed by atoms with E-state index in [1.165, 1.54) is 0 Å². The van der Waals surface area contributed by atoms with Crippen molar-refractivity contribution in [2.24, 2.45) is 0 Å². The summed E-state index contributed by atoms with van der Waals surface area (Å²) in [7, 11) is 0. The molecule has 1 aliphatic heterocycles. The molecule has 1 heterocycles. The summed E-state index contributed by atoms with van der Waals surface area (Å²) in [6.07, 6.45) is 6.26. The number of esters is 2. The van der Waals surface area contributed by atoms with Gasteiger partial charge in [0.15, 0.2) is 0 Å². The van der Waals surface area contributed by atoms with Gasteiger partial charge in [-0.05, 0) is 12.8 Å². The number of hydrogen-bond acceptors (Lipinski definition) is 7. The maximum absolute atomic E-state index is 12.0. The second kappa shape index (κ2) is 13.3. The summed E-state index contributed by atoms with van der Waals surface area (Å²) in [6, 6.07) is 0. The van der Waals surface area contributed by atoms with Crippen molar-refractivity contribution in [3.05, 3.63) is 0 Å². The second-order valence-corrected chi connectivity index (χ2v) is 7.14. The van der Waals surface area contributed by atoms with Crippen LogP contribution in [-0.4, -0.2) is 46.2 Å². The molecular formula is C20H33NO7. The number of rotatable bonds is 14. The molecule has 2 amide bonds. The minimum atomic E-state index is -1.62. The molecule has 1 fully saturated rings. The number of nitrogens with zero attached hydrogens (tertiary/aromatic N) is 1. The molecule has 0 aromatic rings. The topological polar surface area (TPSA) is 110 Å². The molecular weight excluding hydrogens is 366 g/mol. The molecule has 0 radical (unpaired) electrons. The quantitative estimate of drug-likeness (QED) is 0.206. The third-order valence-electron chi connectivity index (χ3n) is 4.67. The number of hydrogen-bond donors (Lipinski definition) is 1. The van der Waals surface area contributed by atoms with Gasteiger partial charge in [0.1, 0.15) is 0 Å². The summed E-state index contributed by atoms with van der Waals surface area (Å²) in [4.78, 5) is 47.9. The Balaban J connectivity index is 2.50. The van der Waals surface area contributed by atoms with E-state index in [1.54, 1.807) is 0 Å². The van der Waals surface area contributed by atoms with Gasteiger partial charge in [0.2, 0.25) is 12.2 Å². The predicted molar refractivity (Wildman–Crippen MR) is 100 cm³/mol. The molecule has 8 nitrogen and oxygen atoms in total. The van der Waals surface area contributed by atoms with Crippen LogP contribution < -0.4 is 0 Å². The number of unbranched alkanes of at least 4 members (excludes halogenated alkanes) is 8. The Morgan fingerprint density at radius 1 is 0.750 bits per heavy atom. The van der Waals surface area contributed by atoms with E-state index in [-0.39, 0.29) is 17.9 Å². The normalized spacial score (nSPS) is 19.2. The van der Waals surface area contributed by atoms with Crippen molar-refractivity contribution in [3.63, 3.8) is 0 Å². The molecule has 1 aliphatic rings. The molecule has 1 saturated heterocycles. The van der Waals surface area contributed by atoms with Crippen LogP contribution in [0.1, 0.15) is 90.9 Å². The van der Waals surface area contributed by atoms with Crippen molar-refractivity contribution >= 4 is 23.8 Å². The van der Waals surface area contributed by atoms with Crippen LogP contribution in [0.2, 0.25) is 0 Å². The molecule has 0 aromatic carbocycles. The molecule has 0 aromatic heterocycles. The summed E-state index contributed by atoms with van der Waals surface area (Å²) < 4.78 is 10.1. The fraction of sp³-hybridized carbons (Fsp3) is 0.800. The average molecular weight is 399 g/mol. The average Bonchev–Trinajstić information content (AvgIpc) is 2.86. The van der Waals surface area contributed by atoms with Gasteiger partial charge in [-0.25, -0.2) is 0 Å². The zero-order chi connectivity index (χ0) is 20.9. The first-order chi connectivity index (χ1) is 13.4. The highest BCUT2D eigenvalue weighted by atomic mass is 16.6. The third kappa shape index (κ3) is 7.96. The Morgan fingerprint density at radius 2 is 1.11 bits per heavy atom. The van der Waals surface area contributed by atoms with Crippen molar-refractivity contribution in [1.82, 2.24) is 5.06 Å². The van der Waals surface area contributed by atoms with E-state index in [0.29, 0.717) is 12.8 Å². The van der Waals surface area contributed by atoms with Crippen molar-refractivity contribution in [1.29, 1.82) is 0 Å². The summed E-state index contributed by atoms with van der Waals surface area (Å²) in [5.74, 6) is -3.49. The lowest BCUT2D eigenvalue weighted by molar-refractivity contribution is -0.177. The fourth-order valence-electron chi connectivity index (χ4n) is 2.98. The zero-order valence-electron chi connectivity index (χ0n) is 17.0. The van der Waals surface area contributed by atoms with Crippen LogP contribution in [0.4, 0.5) is 0 Å². The lowest BCUT2D eigenvalue weighted by Gasteiger charge is -2.16. The molecule has 0 bridgehead atoms. The van der Waals surface area contributed by atoms with Crippen LogP contribution in [-0.2, 0) is 28.7 Å². The molecule has 0 spiro atoms. The van der Waals surface area contributed by atoms with Gasteiger partial charge in [-0.3, -0.25) is 24.4 Å². The predicted octanol–water partition coefficient (Wildman–Crippen LogP) is 3.29. The van der Waals surface area contributed by atoms with Gasteiger partial charge in [0.25, 0.3) is 11.8 Å². The van der Waals surface area contributed by atoms with Crippen LogP contribution in [0.5, 0.6) is 0 Å². The van der Waals surface area contributed by atoms with Gasteiger partial charge in [-0.2, -0.15) is 0 Å². The van der Waals surface area contributed by atoms with Crippen LogP contribution >= 0.6 is 0 Å². The Morgan fingerprint density at radius 3 is 1.46 bits per heavy atom. The van der Waals surface area contributed by atoms with Gasteiger partial charge in [0, 0.05) is 12.8 Å². The fourth-order valence-corrected chi connectivity index (χ4v) is 2.98. The first-order valence-electron chi connectivity index (χ1n) is 10.4. The van der Waals surface area contributed by atoms with Gasteiger partial charge >= 0.3 is 11.9 Å². The first-order valence-corrected chi connectivity index (χ1v) is 10.4. The van der Waals surface area contributed by atoms with E-state index in [4.69, 9.17) is 9.47 Å². The Bertz CT molecular complexity index is 489. The van der Waals surface area contributed by atoms with Crippen molar-refractivity contribution < 1.29 is 33.9 Å². The van der Waals surface area contributed by atoms with Gasteiger partial charge in [-0.1, -0.05) is 65.2 Å². The molecule has 1 N–H and O–H groups in total. The largest absolute Gasteiger partial charge is 0.447 e. The second-order valence-electron chi connectivity index (χ2n) is 7.14. The monoisotopic (exact) mass is 399 g/mol. The summed E-state index contributed by atoms with van der Waals surface area (Å²) in [5.41, 5.74) is 0. The number of carbonyl (C=O) groups excluding carboxylic acids is 4.